The second-order valence-corrected chi connectivity index (χ2v) is 6.50. The van der Waals surface area contributed by atoms with Gasteiger partial charge in [-0.25, -0.2) is 0 Å². The lowest BCUT2D eigenvalue weighted by Gasteiger charge is -2.14. The van der Waals surface area contributed by atoms with E-state index in [0.29, 0.717) is 11.4 Å². The fourth-order valence-electron chi connectivity index (χ4n) is 2.28. The second kappa shape index (κ2) is 7.14. The molecule has 1 atom stereocenters. The summed E-state index contributed by atoms with van der Waals surface area (Å²) in [6, 6.07) is 5.60. The largest absolute Gasteiger partial charge is 0.324 e. The van der Waals surface area contributed by atoms with Crippen molar-refractivity contribution in [2.75, 3.05) is 0 Å². The molecule has 0 aliphatic heterocycles. The monoisotopic (exact) mass is 389 g/mol. The van der Waals surface area contributed by atoms with E-state index < -0.39 is 0 Å². The number of aromatic nitrogens is 2. The van der Waals surface area contributed by atoms with Gasteiger partial charge in [-0.1, -0.05) is 36.2 Å². The van der Waals surface area contributed by atoms with Crippen LogP contribution in [0.3, 0.4) is 0 Å². The van der Waals surface area contributed by atoms with E-state index in [9.17, 15) is 0 Å². The van der Waals surface area contributed by atoms with Crippen LogP contribution >= 0.6 is 39.1 Å². The molecule has 1 aromatic heterocycles. The normalized spacial score (nSPS) is 12.7. The van der Waals surface area contributed by atoms with E-state index in [1.54, 1.807) is 0 Å². The lowest BCUT2D eigenvalue weighted by atomic mass is 10.0. The van der Waals surface area contributed by atoms with Crippen LogP contribution in [0.15, 0.2) is 22.7 Å². The lowest BCUT2D eigenvalue weighted by Crippen LogP contribution is -2.16. The summed E-state index contributed by atoms with van der Waals surface area (Å²) in [6.07, 6.45) is 1.45. The summed E-state index contributed by atoms with van der Waals surface area (Å²) in [5.74, 6) is 0. The summed E-state index contributed by atoms with van der Waals surface area (Å²) in [7, 11) is 0. The van der Waals surface area contributed by atoms with Gasteiger partial charge in [-0.05, 0) is 47.0 Å². The third kappa shape index (κ3) is 3.62. The Bertz CT molecular complexity index is 640. The molecule has 0 aliphatic carbocycles. The molecule has 21 heavy (non-hydrogen) atoms. The Hall–Kier alpha value is -0.550. The summed E-state index contributed by atoms with van der Waals surface area (Å²) in [4.78, 5) is 0. The summed E-state index contributed by atoms with van der Waals surface area (Å²) >= 11 is 15.9. The first kappa shape index (κ1) is 16.8. The standard InChI is InChI=1S/C15H18BrCl2N3/c1-3-13-15(18)14(21(4-2)20-13)8-12(19)9-5-6-10(16)11(17)7-9/h5-7,12H,3-4,8,19H2,1-2H3. The molecule has 0 bridgehead atoms. The second-order valence-electron chi connectivity index (χ2n) is 4.86. The van der Waals surface area contributed by atoms with Crippen LogP contribution in [0.1, 0.15) is 36.8 Å². The molecule has 0 saturated carbocycles. The molecule has 2 aromatic rings. The maximum absolute atomic E-state index is 6.42. The first-order valence-electron chi connectivity index (χ1n) is 6.92. The molecule has 1 unspecified atom stereocenters. The molecular formula is C15H18BrCl2N3. The third-order valence-electron chi connectivity index (χ3n) is 3.48. The zero-order valence-corrected chi connectivity index (χ0v) is 15.1. The van der Waals surface area contributed by atoms with Gasteiger partial charge in [-0.15, -0.1) is 0 Å². The van der Waals surface area contributed by atoms with Crippen molar-refractivity contribution in [1.29, 1.82) is 0 Å². The van der Waals surface area contributed by atoms with Crippen molar-refractivity contribution < 1.29 is 0 Å². The van der Waals surface area contributed by atoms with Crippen molar-refractivity contribution in [3.8, 4) is 0 Å². The Balaban J connectivity index is 2.28. The van der Waals surface area contributed by atoms with Gasteiger partial charge in [0.2, 0.25) is 0 Å². The minimum atomic E-state index is -0.167. The van der Waals surface area contributed by atoms with Gasteiger partial charge >= 0.3 is 0 Å². The maximum Gasteiger partial charge on any atom is 0.0850 e. The quantitative estimate of drug-likeness (QED) is 0.798. The van der Waals surface area contributed by atoms with Crippen LogP contribution in [0.4, 0.5) is 0 Å². The van der Waals surface area contributed by atoms with Gasteiger partial charge in [0.25, 0.3) is 0 Å². The van der Waals surface area contributed by atoms with Gasteiger partial charge in [0.05, 0.1) is 21.4 Å². The van der Waals surface area contributed by atoms with Crippen LogP contribution < -0.4 is 5.73 Å². The van der Waals surface area contributed by atoms with Crippen LogP contribution in [-0.2, 0) is 19.4 Å². The molecule has 114 valence electrons. The molecule has 0 saturated heterocycles. The molecule has 6 heteroatoms. The molecule has 0 amide bonds. The Morgan fingerprint density at radius 1 is 1.33 bits per heavy atom. The maximum atomic E-state index is 6.42. The van der Waals surface area contributed by atoms with E-state index in [1.807, 2.05) is 36.7 Å². The van der Waals surface area contributed by atoms with E-state index in [1.165, 1.54) is 0 Å². The first-order valence-corrected chi connectivity index (χ1v) is 8.47. The number of hydrogen-bond acceptors (Lipinski definition) is 2. The highest BCUT2D eigenvalue weighted by molar-refractivity contribution is 9.10. The van der Waals surface area contributed by atoms with Gasteiger partial charge in [0, 0.05) is 23.5 Å². The predicted molar refractivity (Wildman–Crippen MR) is 92.1 cm³/mol. The summed E-state index contributed by atoms with van der Waals surface area (Å²) in [5, 5.41) is 5.91. The lowest BCUT2D eigenvalue weighted by molar-refractivity contribution is 0.585. The highest BCUT2D eigenvalue weighted by Crippen LogP contribution is 2.29. The molecule has 1 heterocycles. The van der Waals surface area contributed by atoms with Crippen molar-refractivity contribution in [1.82, 2.24) is 9.78 Å². The predicted octanol–water partition coefficient (Wildman–Crippen LogP) is 4.78. The topological polar surface area (TPSA) is 43.8 Å². The van der Waals surface area contributed by atoms with Crippen molar-refractivity contribution >= 4 is 39.1 Å². The van der Waals surface area contributed by atoms with Crippen molar-refractivity contribution in [2.45, 2.75) is 39.3 Å². The Morgan fingerprint density at radius 2 is 2.05 bits per heavy atom. The highest BCUT2D eigenvalue weighted by atomic mass is 79.9. The van der Waals surface area contributed by atoms with E-state index in [-0.39, 0.29) is 6.04 Å². The average molecular weight is 391 g/mol. The molecule has 2 N–H and O–H groups in total. The minimum Gasteiger partial charge on any atom is -0.324 e. The molecule has 3 nitrogen and oxygen atoms in total. The van der Waals surface area contributed by atoms with E-state index >= 15 is 0 Å². The van der Waals surface area contributed by atoms with Gasteiger partial charge in [0.1, 0.15) is 0 Å². The fraction of sp³-hybridized carbons (Fsp3) is 0.400. The van der Waals surface area contributed by atoms with E-state index in [0.717, 1.165) is 39.4 Å². The van der Waals surface area contributed by atoms with Crippen LogP contribution in [0, 0.1) is 0 Å². The SMILES string of the molecule is CCc1nn(CC)c(CC(N)c2ccc(Br)c(Cl)c2)c1Cl. The van der Waals surface area contributed by atoms with Gasteiger partial charge < -0.3 is 5.73 Å². The number of nitrogens with two attached hydrogens (primary N) is 1. The molecule has 2 rings (SSSR count). The van der Waals surface area contributed by atoms with Crippen LogP contribution in [0.25, 0.3) is 0 Å². The Kier molecular flexibility index (Phi) is 5.72. The van der Waals surface area contributed by atoms with E-state index in [2.05, 4.69) is 21.0 Å². The van der Waals surface area contributed by atoms with Gasteiger partial charge in [0.15, 0.2) is 0 Å². The third-order valence-corrected chi connectivity index (χ3v) is 5.15. The number of nitrogens with zero attached hydrogens (tertiary/aromatic N) is 2. The number of benzene rings is 1. The van der Waals surface area contributed by atoms with Crippen LogP contribution in [0.5, 0.6) is 0 Å². The molecule has 1 aromatic carbocycles. The molecular weight excluding hydrogens is 373 g/mol. The summed E-state index contributed by atoms with van der Waals surface area (Å²) < 4.78 is 2.80. The molecule has 0 spiro atoms. The van der Waals surface area contributed by atoms with Crippen molar-refractivity contribution in [3.63, 3.8) is 0 Å². The zero-order valence-electron chi connectivity index (χ0n) is 12.0. The summed E-state index contributed by atoms with van der Waals surface area (Å²) in [5.41, 5.74) is 9.22. The summed E-state index contributed by atoms with van der Waals surface area (Å²) in [6.45, 7) is 4.88. The van der Waals surface area contributed by atoms with Crippen LogP contribution in [-0.4, -0.2) is 9.78 Å². The van der Waals surface area contributed by atoms with Gasteiger partial charge in [-0.2, -0.15) is 5.10 Å². The van der Waals surface area contributed by atoms with Crippen molar-refractivity contribution in [3.05, 3.63) is 49.7 Å². The van der Waals surface area contributed by atoms with Crippen LogP contribution in [0.2, 0.25) is 10.0 Å². The van der Waals surface area contributed by atoms with Gasteiger partial charge in [-0.3, -0.25) is 4.68 Å². The molecule has 0 fully saturated rings. The average Bonchev–Trinajstić information content (AvgIpc) is 2.78. The number of halogens is 3. The highest BCUT2D eigenvalue weighted by Gasteiger charge is 2.18. The smallest absolute Gasteiger partial charge is 0.0850 e. The Morgan fingerprint density at radius 3 is 2.62 bits per heavy atom. The fourth-order valence-corrected chi connectivity index (χ4v) is 3.06. The minimum absolute atomic E-state index is 0.167. The van der Waals surface area contributed by atoms with E-state index in [4.69, 9.17) is 28.9 Å². The zero-order chi connectivity index (χ0) is 15.6. The van der Waals surface area contributed by atoms with Crippen molar-refractivity contribution in [2.24, 2.45) is 5.73 Å². The number of rotatable bonds is 5. The molecule has 0 radical (unpaired) electrons. The number of hydrogen-bond donors (Lipinski definition) is 1. The Labute approximate surface area is 143 Å². The number of aryl methyl sites for hydroxylation is 2. The first-order chi connectivity index (χ1) is 9.97. The molecule has 0 aliphatic rings.